The average molecular weight is 358 g/mol. The fourth-order valence-corrected chi connectivity index (χ4v) is 2.99. The lowest BCUT2D eigenvalue weighted by Gasteiger charge is -2.11. The Balaban J connectivity index is 1.57. The molecule has 1 fully saturated rings. The molecule has 6 heteroatoms. The van der Waals surface area contributed by atoms with Crippen LogP contribution in [0.5, 0.6) is 0 Å². The van der Waals surface area contributed by atoms with Crippen molar-refractivity contribution in [3.8, 4) is 0 Å². The van der Waals surface area contributed by atoms with Crippen LogP contribution < -0.4 is 10.6 Å². The van der Waals surface area contributed by atoms with Crippen molar-refractivity contribution in [1.29, 1.82) is 0 Å². The van der Waals surface area contributed by atoms with Crippen molar-refractivity contribution < 1.29 is 14.0 Å². The number of amides is 2. The quantitative estimate of drug-likeness (QED) is 0.761. The van der Waals surface area contributed by atoms with Gasteiger partial charge >= 0.3 is 0 Å². The average Bonchev–Trinajstić information content (AvgIpc) is 3.42. The fraction of sp³-hybridized carbons (Fsp3) is 0.263. The molecule has 1 aliphatic carbocycles. The van der Waals surface area contributed by atoms with Crippen LogP contribution >= 0.6 is 11.8 Å². The Hall–Kier alpha value is -2.34. The molecule has 2 aromatic carbocycles. The van der Waals surface area contributed by atoms with Gasteiger partial charge in [-0.15, -0.1) is 11.8 Å². The summed E-state index contributed by atoms with van der Waals surface area (Å²) < 4.78 is 12.9. The van der Waals surface area contributed by atoms with E-state index in [0.29, 0.717) is 11.4 Å². The summed E-state index contributed by atoms with van der Waals surface area (Å²) in [6, 6.07) is 11.5. The Morgan fingerprint density at radius 3 is 2.52 bits per heavy atom. The summed E-state index contributed by atoms with van der Waals surface area (Å²) in [4.78, 5) is 24.8. The van der Waals surface area contributed by atoms with Crippen LogP contribution in [0.15, 0.2) is 47.4 Å². The first kappa shape index (κ1) is 17.5. The molecule has 0 radical (unpaired) electrons. The van der Waals surface area contributed by atoms with E-state index in [1.807, 2.05) is 19.1 Å². The zero-order chi connectivity index (χ0) is 17.8. The fourth-order valence-electron chi connectivity index (χ4n) is 2.29. The number of thioether (sulfide) groups is 1. The summed E-state index contributed by atoms with van der Waals surface area (Å²) in [6.45, 7) is 1.90. The second kappa shape index (κ2) is 7.70. The number of hydrogen-bond acceptors (Lipinski definition) is 3. The first-order chi connectivity index (χ1) is 12.0. The van der Waals surface area contributed by atoms with Crippen molar-refractivity contribution in [3.05, 3.63) is 53.8 Å². The Morgan fingerprint density at radius 2 is 1.84 bits per heavy atom. The highest BCUT2D eigenvalue weighted by atomic mass is 32.2. The molecule has 0 unspecified atom stereocenters. The van der Waals surface area contributed by atoms with E-state index in [4.69, 9.17) is 0 Å². The van der Waals surface area contributed by atoms with Crippen molar-refractivity contribution in [3.63, 3.8) is 0 Å². The number of hydrogen-bond donors (Lipinski definition) is 2. The lowest BCUT2D eigenvalue weighted by atomic mass is 10.1. The van der Waals surface area contributed by atoms with E-state index < -0.39 is 0 Å². The highest BCUT2D eigenvalue weighted by Crippen LogP contribution is 2.31. The third-order valence-corrected chi connectivity index (χ3v) is 4.92. The summed E-state index contributed by atoms with van der Waals surface area (Å²) in [5, 5.41) is 5.74. The first-order valence-electron chi connectivity index (χ1n) is 8.11. The zero-order valence-corrected chi connectivity index (χ0v) is 14.7. The van der Waals surface area contributed by atoms with Gasteiger partial charge in [0.25, 0.3) is 0 Å². The van der Waals surface area contributed by atoms with E-state index in [9.17, 15) is 14.0 Å². The van der Waals surface area contributed by atoms with Gasteiger partial charge in [-0.25, -0.2) is 4.39 Å². The van der Waals surface area contributed by atoms with Crippen molar-refractivity contribution in [2.45, 2.75) is 24.7 Å². The molecule has 0 spiro atoms. The molecule has 1 saturated carbocycles. The monoisotopic (exact) mass is 358 g/mol. The molecular weight excluding hydrogens is 339 g/mol. The van der Waals surface area contributed by atoms with Gasteiger partial charge in [0.05, 0.1) is 5.75 Å². The molecule has 2 aromatic rings. The van der Waals surface area contributed by atoms with Crippen LogP contribution in [0.3, 0.4) is 0 Å². The number of aryl methyl sites for hydroxylation is 1. The van der Waals surface area contributed by atoms with Crippen LogP contribution in [0.1, 0.15) is 18.4 Å². The molecule has 0 heterocycles. The lowest BCUT2D eigenvalue weighted by molar-refractivity contribution is -0.117. The van der Waals surface area contributed by atoms with Crippen LogP contribution in [0.2, 0.25) is 0 Å². The van der Waals surface area contributed by atoms with E-state index in [0.717, 1.165) is 23.3 Å². The minimum atomic E-state index is -0.297. The van der Waals surface area contributed by atoms with E-state index in [-0.39, 0.29) is 29.3 Å². The third-order valence-electron chi connectivity index (χ3n) is 3.91. The summed E-state index contributed by atoms with van der Waals surface area (Å²) in [6.07, 6.45) is 1.89. The normalized spacial score (nSPS) is 13.4. The summed E-state index contributed by atoms with van der Waals surface area (Å²) >= 11 is 1.34. The maximum absolute atomic E-state index is 12.9. The maximum atomic E-state index is 12.9. The van der Waals surface area contributed by atoms with Gasteiger partial charge in [0.15, 0.2) is 0 Å². The van der Waals surface area contributed by atoms with Gasteiger partial charge in [-0.3, -0.25) is 9.59 Å². The van der Waals surface area contributed by atoms with Crippen molar-refractivity contribution in [2.75, 3.05) is 16.4 Å². The molecular formula is C19H19FN2O2S. The molecule has 1 aliphatic rings. The summed E-state index contributed by atoms with van der Waals surface area (Å²) in [7, 11) is 0. The number of carbonyl (C=O) groups is 2. The number of rotatable bonds is 6. The van der Waals surface area contributed by atoms with Gasteiger partial charge in [0.1, 0.15) is 5.82 Å². The molecule has 0 aliphatic heterocycles. The zero-order valence-electron chi connectivity index (χ0n) is 13.8. The lowest BCUT2D eigenvalue weighted by Crippen LogP contribution is -2.16. The minimum absolute atomic E-state index is 0.0352. The van der Waals surface area contributed by atoms with E-state index in [1.54, 1.807) is 18.2 Å². The smallest absolute Gasteiger partial charge is 0.234 e. The third kappa shape index (κ3) is 5.06. The molecule has 0 saturated heterocycles. The number of anilines is 2. The Bertz CT molecular complexity index is 789. The predicted molar refractivity (Wildman–Crippen MR) is 98.3 cm³/mol. The Labute approximate surface area is 150 Å². The van der Waals surface area contributed by atoms with Crippen molar-refractivity contribution in [2.24, 2.45) is 5.92 Å². The van der Waals surface area contributed by atoms with Crippen LogP contribution in [-0.4, -0.2) is 17.6 Å². The molecule has 0 bridgehead atoms. The highest BCUT2D eigenvalue weighted by molar-refractivity contribution is 8.00. The second-order valence-electron chi connectivity index (χ2n) is 6.08. The van der Waals surface area contributed by atoms with Crippen LogP contribution in [0, 0.1) is 18.7 Å². The van der Waals surface area contributed by atoms with E-state index in [2.05, 4.69) is 10.6 Å². The van der Waals surface area contributed by atoms with Crippen molar-refractivity contribution >= 4 is 35.0 Å². The highest BCUT2D eigenvalue weighted by Gasteiger charge is 2.29. The Kier molecular flexibility index (Phi) is 5.38. The van der Waals surface area contributed by atoms with Gasteiger partial charge in [-0.05, 0) is 61.7 Å². The number of carbonyl (C=O) groups excluding carboxylic acids is 2. The van der Waals surface area contributed by atoms with Crippen LogP contribution in [-0.2, 0) is 9.59 Å². The molecule has 0 aromatic heterocycles. The summed E-state index contributed by atoms with van der Waals surface area (Å²) in [5.41, 5.74) is 2.28. The van der Waals surface area contributed by atoms with Crippen LogP contribution in [0.4, 0.5) is 15.8 Å². The molecule has 3 rings (SSSR count). The number of halogens is 1. The van der Waals surface area contributed by atoms with Gasteiger partial charge in [0, 0.05) is 22.2 Å². The van der Waals surface area contributed by atoms with Gasteiger partial charge in [-0.2, -0.15) is 0 Å². The molecule has 0 atom stereocenters. The summed E-state index contributed by atoms with van der Waals surface area (Å²) in [5.74, 6) is -0.0546. The molecule has 130 valence electrons. The van der Waals surface area contributed by atoms with E-state index >= 15 is 0 Å². The standard InChI is InChI=1S/C19H19FN2O2S/c1-12-2-7-15(21-19(24)13-3-4-13)10-17(12)22-18(23)11-25-16-8-5-14(20)6-9-16/h2,5-10,13H,3-4,11H2,1H3,(H,21,24)(H,22,23). The number of nitrogens with one attached hydrogen (secondary N) is 2. The van der Waals surface area contributed by atoms with Crippen molar-refractivity contribution in [1.82, 2.24) is 0 Å². The largest absolute Gasteiger partial charge is 0.326 e. The molecule has 2 N–H and O–H groups in total. The van der Waals surface area contributed by atoms with Gasteiger partial charge < -0.3 is 10.6 Å². The predicted octanol–water partition coefficient (Wildman–Crippen LogP) is 4.21. The Morgan fingerprint density at radius 1 is 1.12 bits per heavy atom. The molecule has 2 amide bonds. The van der Waals surface area contributed by atoms with Gasteiger partial charge in [-0.1, -0.05) is 6.07 Å². The van der Waals surface area contributed by atoms with Crippen LogP contribution in [0.25, 0.3) is 0 Å². The minimum Gasteiger partial charge on any atom is -0.326 e. The topological polar surface area (TPSA) is 58.2 Å². The second-order valence-corrected chi connectivity index (χ2v) is 7.13. The molecule has 4 nitrogen and oxygen atoms in total. The van der Waals surface area contributed by atoms with E-state index in [1.165, 1.54) is 23.9 Å². The maximum Gasteiger partial charge on any atom is 0.234 e. The SMILES string of the molecule is Cc1ccc(NC(=O)C2CC2)cc1NC(=O)CSc1ccc(F)cc1. The van der Waals surface area contributed by atoms with Gasteiger partial charge in [0.2, 0.25) is 11.8 Å². The first-order valence-corrected chi connectivity index (χ1v) is 9.09. The molecule has 25 heavy (non-hydrogen) atoms. The number of benzene rings is 2.